The maximum absolute atomic E-state index is 5.66. The van der Waals surface area contributed by atoms with Crippen LogP contribution in [0.15, 0.2) is 28.9 Å². The number of hydrogen-bond acceptors (Lipinski definition) is 4. The predicted molar refractivity (Wildman–Crippen MR) is 61.8 cm³/mol. The van der Waals surface area contributed by atoms with Crippen LogP contribution in [0.1, 0.15) is 27.7 Å². The minimum atomic E-state index is 0.317. The van der Waals surface area contributed by atoms with E-state index < -0.39 is 0 Å². The number of ether oxygens (including phenoxy) is 1. The Morgan fingerprint density at radius 1 is 1.53 bits per heavy atom. The summed E-state index contributed by atoms with van der Waals surface area (Å²) in [6, 6.07) is 0. The van der Waals surface area contributed by atoms with Crippen LogP contribution in [0, 0.1) is 5.92 Å². The van der Waals surface area contributed by atoms with E-state index >= 15 is 0 Å². The second kappa shape index (κ2) is 4.38. The summed E-state index contributed by atoms with van der Waals surface area (Å²) in [7, 11) is 1.90. The Balaban J connectivity index is 2.82. The van der Waals surface area contributed by atoms with Crippen molar-refractivity contribution in [3.05, 3.63) is 23.8 Å². The fourth-order valence-electron chi connectivity index (χ4n) is 1.35. The summed E-state index contributed by atoms with van der Waals surface area (Å²) >= 11 is 0. The average Bonchev–Trinajstić information content (AvgIpc) is 2.45. The van der Waals surface area contributed by atoms with E-state index in [4.69, 9.17) is 4.74 Å². The van der Waals surface area contributed by atoms with Crippen LogP contribution in [0.25, 0.3) is 0 Å². The van der Waals surface area contributed by atoms with Gasteiger partial charge >= 0.3 is 0 Å². The third-order valence-electron chi connectivity index (χ3n) is 2.31. The molecule has 1 rings (SSSR count). The first-order chi connectivity index (χ1) is 6.93. The van der Waals surface area contributed by atoms with Gasteiger partial charge < -0.3 is 4.74 Å². The number of hydrogen-bond donors (Lipinski definition) is 1. The third-order valence-corrected chi connectivity index (χ3v) is 2.31. The van der Waals surface area contributed by atoms with Crippen molar-refractivity contribution < 1.29 is 4.74 Å². The number of rotatable bonds is 3. The average molecular weight is 209 g/mol. The molecule has 0 fully saturated rings. The molecular weight excluding hydrogens is 190 g/mol. The lowest BCUT2D eigenvalue weighted by Crippen LogP contribution is -2.25. The van der Waals surface area contributed by atoms with Crippen LogP contribution in [0.3, 0.4) is 0 Å². The maximum atomic E-state index is 5.66. The fraction of sp³-hybridized carbons (Fsp3) is 0.545. The van der Waals surface area contributed by atoms with Crippen LogP contribution in [0.2, 0.25) is 0 Å². The van der Waals surface area contributed by atoms with Crippen molar-refractivity contribution in [2.24, 2.45) is 11.0 Å². The minimum absolute atomic E-state index is 0.317. The molecule has 0 saturated heterocycles. The standard InChI is InChI=1S/C11H19N3O/c1-7(2)9(4)15-10(5)11-8(3)12-13-14(11)6/h7,13H,4H2,1-3,5-6H3. The molecule has 0 aromatic rings. The van der Waals surface area contributed by atoms with E-state index in [0.29, 0.717) is 5.92 Å². The Labute approximate surface area is 91.3 Å². The van der Waals surface area contributed by atoms with Crippen molar-refractivity contribution in [1.82, 2.24) is 10.5 Å². The van der Waals surface area contributed by atoms with Gasteiger partial charge in [0.2, 0.25) is 0 Å². The molecule has 0 aliphatic carbocycles. The highest BCUT2D eigenvalue weighted by Gasteiger charge is 2.19. The van der Waals surface area contributed by atoms with E-state index in [1.165, 1.54) is 0 Å². The first-order valence-electron chi connectivity index (χ1n) is 5.05. The first-order valence-corrected chi connectivity index (χ1v) is 5.05. The van der Waals surface area contributed by atoms with Gasteiger partial charge in [-0.15, -0.1) is 0 Å². The van der Waals surface area contributed by atoms with E-state index in [1.54, 1.807) is 0 Å². The molecule has 0 atom stereocenters. The predicted octanol–water partition coefficient (Wildman–Crippen LogP) is 2.23. The van der Waals surface area contributed by atoms with E-state index in [-0.39, 0.29) is 0 Å². The summed E-state index contributed by atoms with van der Waals surface area (Å²) in [5.41, 5.74) is 4.75. The van der Waals surface area contributed by atoms with Gasteiger partial charge in [-0.05, 0) is 13.8 Å². The zero-order valence-corrected chi connectivity index (χ0v) is 10.1. The number of hydrazone groups is 1. The van der Waals surface area contributed by atoms with Crippen LogP contribution in [0.5, 0.6) is 0 Å². The van der Waals surface area contributed by atoms with Crippen LogP contribution < -0.4 is 5.53 Å². The van der Waals surface area contributed by atoms with E-state index in [1.807, 2.05) is 25.9 Å². The normalized spacial score (nSPS) is 18.8. The molecular formula is C11H19N3O. The summed E-state index contributed by atoms with van der Waals surface area (Å²) in [5, 5.41) is 5.93. The van der Waals surface area contributed by atoms with Crippen LogP contribution in [-0.4, -0.2) is 17.8 Å². The molecule has 1 heterocycles. The summed E-state index contributed by atoms with van der Waals surface area (Å²) < 4.78 is 5.66. The van der Waals surface area contributed by atoms with Gasteiger partial charge in [-0.25, -0.2) is 5.53 Å². The van der Waals surface area contributed by atoms with Crippen molar-refractivity contribution in [3.63, 3.8) is 0 Å². The van der Waals surface area contributed by atoms with Crippen molar-refractivity contribution in [1.29, 1.82) is 0 Å². The molecule has 0 unspecified atom stereocenters. The van der Waals surface area contributed by atoms with Crippen molar-refractivity contribution in [3.8, 4) is 0 Å². The van der Waals surface area contributed by atoms with Gasteiger partial charge in [-0.3, -0.25) is 5.01 Å². The van der Waals surface area contributed by atoms with Crippen molar-refractivity contribution in [2.75, 3.05) is 7.05 Å². The summed E-state index contributed by atoms with van der Waals surface area (Å²) in [5.74, 6) is 1.91. The molecule has 0 aromatic heterocycles. The first kappa shape index (κ1) is 11.6. The number of allylic oxidation sites excluding steroid dienone is 3. The molecule has 1 N–H and O–H groups in total. The van der Waals surface area contributed by atoms with E-state index in [9.17, 15) is 0 Å². The zero-order chi connectivity index (χ0) is 11.6. The lowest BCUT2D eigenvalue weighted by atomic mass is 10.2. The monoisotopic (exact) mass is 209 g/mol. The molecule has 0 saturated carbocycles. The number of hydrazine groups is 1. The molecule has 1 aliphatic heterocycles. The maximum Gasteiger partial charge on any atom is 0.128 e. The van der Waals surface area contributed by atoms with Crippen LogP contribution in [0.4, 0.5) is 0 Å². The molecule has 0 amide bonds. The van der Waals surface area contributed by atoms with Gasteiger partial charge in [0, 0.05) is 13.0 Å². The zero-order valence-electron chi connectivity index (χ0n) is 10.1. The second-order valence-electron chi connectivity index (χ2n) is 3.98. The van der Waals surface area contributed by atoms with Crippen molar-refractivity contribution in [2.45, 2.75) is 27.7 Å². The second-order valence-corrected chi connectivity index (χ2v) is 3.98. The minimum Gasteiger partial charge on any atom is -0.464 e. The number of nitrogens with zero attached hydrogens (tertiary/aromatic N) is 2. The Bertz CT molecular complexity index is 329. The fourth-order valence-corrected chi connectivity index (χ4v) is 1.35. The Morgan fingerprint density at radius 2 is 2.13 bits per heavy atom. The van der Waals surface area contributed by atoms with Gasteiger partial charge in [-0.1, -0.05) is 20.4 Å². The highest BCUT2D eigenvalue weighted by Crippen LogP contribution is 2.19. The Hall–Kier alpha value is -1.45. The summed E-state index contributed by atoms with van der Waals surface area (Å²) in [6.45, 7) is 11.9. The highest BCUT2D eigenvalue weighted by molar-refractivity contribution is 5.98. The molecule has 0 radical (unpaired) electrons. The molecule has 4 nitrogen and oxygen atoms in total. The molecule has 0 bridgehead atoms. The number of nitrogens with one attached hydrogen (secondary N) is 1. The van der Waals surface area contributed by atoms with E-state index in [0.717, 1.165) is 22.9 Å². The molecule has 0 spiro atoms. The van der Waals surface area contributed by atoms with Gasteiger partial charge in [-0.2, -0.15) is 5.10 Å². The lowest BCUT2D eigenvalue weighted by molar-refractivity contribution is 0.247. The van der Waals surface area contributed by atoms with Gasteiger partial charge in [0.1, 0.15) is 11.5 Å². The van der Waals surface area contributed by atoms with Gasteiger partial charge in [0.25, 0.3) is 0 Å². The highest BCUT2D eigenvalue weighted by atomic mass is 16.5. The molecule has 15 heavy (non-hydrogen) atoms. The molecule has 84 valence electrons. The topological polar surface area (TPSA) is 36.9 Å². The molecule has 1 aliphatic rings. The third kappa shape index (κ3) is 2.52. The Morgan fingerprint density at radius 3 is 2.53 bits per heavy atom. The van der Waals surface area contributed by atoms with Gasteiger partial charge in [0.15, 0.2) is 0 Å². The van der Waals surface area contributed by atoms with E-state index in [2.05, 4.69) is 31.1 Å². The molecule has 0 aromatic carbocycles. The summed E-state index contributed by atoms with van der Waals surface area (Å²) in [6.07, 6.45) is 0. The lowest BCUT2D eigenvalue weighted by Gasteiger charge is -2.18. The largest absolute Gasteiger partial charge is 0.464 e. The SMILES string of the molecule is C=C(OC(C)=C1C(C)=NNN1C)C(C)C. The smallest absolute Gasteiger partial charge is 0.128 e. The van der Waals surface area contributed by atoms with Crippen LogP contribution >= 0.6 is 0 Å². The van der Waals surface area contributed by atoms with Gasteiger partial charge in [0.05, 0.1) is 11.5 Å². The van der Waals surface area contributed by atoms with Crippen LogP contribution in [-0.2, 0) is 4.74 Å². The quantitative estimate of drug-likeness (QED) is 0.724. The molecule has 4 heteroatoms. The Kier molecular flexibility index (Phi) is 3.39. The summed E-state index contributed by atoms with van der Waals surface area (Å²) in [4.78, 5) is 0. The van der Waals surface area contributed by atoms with Crippen molar-refractivity contribution >= 4 is 5.71 Å².